The summed E-state index contributed by atoms with van der Waals surface area (Å²) in [7, 11) is 0. The lowest BCUT2D eigenvalue weighted by Gasteiger charge is -2.45. The Balaban J connectivity index is 1.80. The molecule has 1 fully saturated rings. The predicted molar refractivity (Wildman–Crippen MR) is 110 cm³/mol. The monoisotopic (exact) mass is 418 g/mol. The zero-order valence-corrected chi connectivity index (χ0v) is 17.0. The van der Waals surface area contributed by atoms with Gasteiger partial charge in [-0.05, 0) is 37.1 Å². The molecule has 0 radical (unpaired) electrons. The van der Waals surface area contributed by atoms with Crippen LogP contribution in [0.4, 0.5) is 19.0 Å². The molecule has 160 valence electrons. The summed E-state index contributed by atoms with van der Waals surface area (Å²) in [4.78, 5) is 10.6. The summed E-state index contributed by atoms with van der Waals surface area (Å²) >= 11 is 0. The zero-order chi connectivity index (χ0) is 21.5. The zero-order valence-electron chi connectivity index (χ0n) is 17.0. The van der Waals surface area contributed by atoms with E-state index in [0.717, 1.165) is 25.3 Å². The first-order chi connectivity index (χ1) is 14.2. The number of halogens is 3. The fourth-order valence-corrected chi connectivity index (χ4v) is 4.38. The van der Waals surface area contributed by atoms with Crippen molar-refractivity contribution in [1.82, 2.24) is 20.2 Å². The van der Waals surface area contributed by atoms with Gasteiger partial charge in [-0.15, -0.1) is 0 Å². The van der Waals surface area contributed by atoms with Crippen molar-refractivity contribution >= 4 is 16.9 Å². The first-order valence-corrected chi connectivity index (χ1v) is 10.1. The Morgan fingerprint density at radius 2 is 2.10 bits per heavy atom. The minimum atomic E-state index is -4.54. The molecule has 0 aromatic carbocycles. The highest BCUT2D eigenvalue weighted by molar-refractivity contribution is 5.90. The van der Waals surface area contributed by atoms with E-state index in [9.17, 15) is 13.2 Å². The standard InChI is InChI=1S/C21H25F3N6/c1-3-9-20(2)12-30(11-8-15(20)25)16-7-6-14(21(22,23)24)18(27-16)17-13-5-4-10-26-19(13)29-28-17/h4-7,10,15H,3,8-9,11-12,25H2,1-2H3,(H,26,28,29). The molecule has 6 nitrogen and oxygen atoms in total. The summed E-state index contributed by atoms with van der Waals surface area (Å²) in [6.07, 6.45) is -0.272. The number of anilines is 1. The Hall–Kier alpha value is -2.68. The summed E-state index contributed by atoms with van der Waals surface area (Å²) in [6, 6.07) is 5.97. The largest absolute Gasteiger partial charge is 0.418 e. The van der Waals surface area contributed by atoms with E-state index >= 15 is 0 Å². The van der Waals surface area contributed by atoms with E-state index in [1.807, 2.05) is 4.90 Å². The molecule has 0 saturated carbocycles. The third kappa shape index (κ3) is 3.62. The van der Waals surface area contributed by atoms with Crippen LogP contribution in [0.2, 0.25) is 0 Å². The molecule has 9 heteroatoms. The highest BCUT2D eigenvalue weighted by Crippen LogP contribution is 2.40. The number of nitrogens with zero attached hydrogens (tertiary/aromatic N) is 4. The van der Waals surface area contributed by atoms with E-state index in [0.29, 0.717) is 29.9 Å². The van der Waals surface area contributed by atoms with Gasteiger partial charge in [-0.1, -0.05) is 20.3 Å². The molecule has 1 saturated heterocycles. The number of aromatic nitrogens is 4. The Morgan fingerprint density at radius 1 is 1.30 bits per heavy atom. The van der Waals surface area contributed by atoms with Gasteiger partial charge in [-0.25, -0.2) is 9.97 Å². The molecule has 2 atom stereocenters. The van der Waals surface area contributed by atoms with Gasteiger partial charge in [0.25, 0.3) is 0 Å². The van der Waals surface area contributed by atoms with Gasteiger partial charge in [0.15, 0.2) is 5.65 Å². The number of H-pyrrole nitrogens is 1. The highest BCUT2D eigenvalue weighted by atomic mass is 19.4. The number of hydrogen-bond acceptors (Lipinski definition) is 5. The molecule has 2 unspecified atom stereocenters. The molecule has 0 aliphatic carbocycles. The second kappa shape index (κ2) is 7.54. The fourth-order valence-electron chi connectivity index (χ4n) is 4.38. The van der Waals surface area contributed by atoms with E-state index in [1.54, 1.807) is 18.3 Å². The number of alkyl halides is 3. The molecule has 3 aromatic heterocycles. The summed E-state index contributed by atoms with van der Waals surface area (Å²) in [6.45, 7) is 5.57. The Labute approximate surface area is 172 Å². The molecule has 0 spiro atoms. The van der Waals surface area contributed by atoms with Gasteiger partial charge >= 0.3 is 6.18 Å². The average molecular weight is 418 g/mol. The Kier molecular flexibility index (Phi) is 5.17. The SMILES string of the molecule is CCCC1(C)CN(c2ccc(C(F)(F)F)c(-c3[nH]nc4ncccc34)n2)CCC1N. The maximum Gasteiger partial charge on any atom is 0.418 e. The third-order valence-corrected chi connectivity index (χ3v) is 6.05. The molecular formula is C21H25F3N6. The van der Waals surface area contributed by atoms with E-state index in [-0.39, 0.29) is 22.8 Å². The number of hydrogen-bond donors (Lipinski definition) is 2. The molecule has 30 heavy (non-hydrogen) atoms. The summed E-state index contributed by atoms with van der Waals surface area (Å²) < 4.78 is 41.3. The van der Waals surface area contributed by atoms with Crippen molar-refractivity contribution in [3.63, 3.8) is 0 Å². The number of piperidine rings is 1. The molecule has 1 aliphatic rings. The number of rotatable bonds is 4. The van der Waals surface area contributed by atoms with Crippen molar-refractivity contribution in [2.45, 2.75) is 45.3 Å². The molecular weight excluding hydrogens is 393 g/mol. The summed E-state index contributed by atoms with van der Waals surface area (Å²) in [5, 5.41) is 7.25. The van der Waals surface area contributed by atoms with Crippen LogP contribution in [0.15, 0.2) is 30.5 Å². The molecule has 3 N–H and O–H groups in total. The van der Waals surface area contributed by atoms with E-state index in [2.05, 4.69) is 34.0 Å². The number of fused-ring (bicyclic) bond motifs is 1. The Morgan fingerprint density at radius 3 is 2.83 bits per heavy atom. The van der Waals surface area contributed by atoms with Gasteiger partial charge in [0, 0.05) is 36.1 Å². The van der Waals surface area contributed by atoms with Crippen LogP contribution in [0.5, 0.6) is 0 Å². The fraction of sp³-hybridized carbons (Fsp3) is 0.476. The van der Waals surface area contributed by atoms with Gasteiger partial charge in [-0.3, -0.25) is 5.10 Å². The van der Waals surface area contributed by atoms with Gasteiger partial charge in [0.2, 0.25) is 0 Å². The lowest BCUT2D eigenvalue weighted by atomic mass is 9.74. The van der Waals surface area contributed by atoms with Crippen molar-refractivity contribution in [3.8, 4) is 11.4 Å². The first-order valence-electron chi connectivity index (χ1n) is 10.1. The normalized spacial score (nSPS) is 22.6. The molecule has 1 aliphatic heterocycles. The van der Waals surface area contributed by atoms with E-state index in [1.165, 1.54) is 6.07 Å². The van der Waals surface area contributed by atoms with Crippen molar-refractivity contribution < 1.29 is 13.2 Å². The van der Waals surface area contributed by atoms with Crippen LogP contribution in [0.25, 0.3) is 22.4 Å². The van der Waals surface area contributed by atoms with Crippen LogP contribution in [-0.2, 0) is 6.18 Å². The van der Waals surface area contributed by atoms with Crippen LogP contribution >= 0.6 is 0 Å². The van der Waals surface area contributed by atoms with Gasteiger partial charge < -0.3 is 10.6 Å². The number of aromatic amines is 1. The van der Waals surface area contributed by atoms with Crippen molar-refractivity contribution in [1.29, 1.82) is 0 Å². The number of nitrogens with one attached hydrogen (secondary N) is 1. The highest BCUT2D eigenvalue weighted by Gasteiger charge is 2.39. The lowest BCUT2D eigenvalue weighted by molar-refractivity contribution is -0.137. The van der Waals surface area contributed by atoms with E-state index in [4.69, 9.17) is 5.73 Å². The van der Waals surface area contributed by atoms with Crippen LogP contribution in [0.3, 0.4) is 0 Å². The van der Waals surface area contributed by atoms with Crippen molar-refractivity contribution in [2.75, 3.05) is 18.0 Å². The summed E-state index contributed by atoms with van der Waals surface area (Å²) in [5.74, 6) is 0.513. The summed E-state index contributed by atoms with van der Waals surface area (Å²) in [5.41, 5.74) is 5.87. The molecule has 4 rings (SSSR count). The van der Waals surface area contributed by atoms with Crippen LogP contribution in [-0.4, -0.2) is 39.3 Å². The van der Waals surface area contributed by atoms with Crippen molar-refractivity contribution in [3.05, 3.63) is 36.0 Å². The number of pyridine rings is 2. The van der Waals surface area contributed by atoms with Gasteiger partial charge in [-0.2, -0.15) is 18.3 Å². The minimum Gasteiger partial charge on any atom is -0.356 e. The first kappa shape index (κ1) is 20.6. The molecule has 0 amide bonds. The van der Waals surface area contributed by atoms with Crippen LogP contribution in [0.1, 0.15) is 38.7 Å². The van der Waals surface area contributed by atoms with E-state index < -0.39 is 11.7 Å². The molecule has 0 bridgehead atoms. The molecule has 3 aromatic rings. The van der Waals surface area contributed by atoms with Crippen LogP contribution < -0.4 is 10.6 Å². The average Bonchev–Trinajstić information content (AvgIpc) is 3.13. The predicted octanol–water partition coefficient (Wildman–Crippen LogP) is 4.38. The lowest BCUT2D eigenvalue weighted by Crippen LogP contribution is -2.54. The van der Waals surface area contributed by atoms with Gasteiger partial charge in [0.05, 0.1) is 11.3 Å². The van der Waals surface area contributed by atoms with Crippen LogP contribution in [0, 0.1) is 5.41 Å². The smallest absolute Gasteiger partial charge is 0.356 e. The maximum absolute atomic E-state index is 13.8. The molecule has 4 heterocycles. The quantitative estimate of drug-likeness (QED) is 0.657. The third-order valence-electron chi connectivity index (χ3n) is 6.05. The number of nitrogens with two attached hydrogens (primary N) is 1. The Bertz CT molecular complexity index is 1050. The topological polar surface area (TPSA) is 83.7 Å². The van der Waals surface area contributed by atoms with Gasteiger partial charge in [0.1, 0.15) is 11.5 Å². The minimum absolute atomic E-state index is 0.0604. The second-order valence-corrected chi connectivity index (χ2v) is 8.26. The second-order valence-electron chi connectivity index (χ2n) is 8.26. The maximum atomic E-state index is 13.8. The van der Waals surface area contributed by atoms with Crippen molar-refractivity contribution in [2.24, 2.45) is 11.1 Å².